The Kier molecular flexibility index (Phi) is 10.1. The van der Waals surface area contributed by atoms with Gasteiger partial charge in [-0.1, -0.05) is 38.5 Å². The molecule has 0 aliphatic heterocycles. The molecule has 1 aliphatic rings. The maximum Gasteiger partial charge on any atom is 0.0622 e. The maximum atomic E-state index is 8.66. The van der Waals surface area contributed by atoms with Crippen molar-refractivity contribution in [3.05, 3.63) is 35.7 Å². The third kappa shape index (κ3) is 8.84. The molecule has 0 radical (unpaired) electrons. The number of hydrogen-bond acceptors (Lipinski definition) is 4. The molecule has 1 rings (SSSR count). The van der Waals surface area contributed by atoms with Gasteiger partial charge >= 0.3 is 0 Å². The summed E-state index contributed by atoms with van der Waals surface area (Å²) in [7, 11) is 0. The Morgan fingerprint density at radius 2 is 2.11 bits per heavy atom. The quantitative estimate of drug-likeness (QED) is 0.517. The number of rotatable bonds is 5. The molecule has 0 aromatic rings. The van der Waals surface area contributed by atoms with E-state index in [9.17, 15) is 0 Å². The molecule has 1 aliphatic carbocycles. The average Bonchev–Trinajstić information content (AvgIpc) is 2.31. The number of aliphatic hydroxyl groups excluding tert-OH is 1. The lowest BCUT2D eigenvalue weighted by Crippen LogP contribution is -2.29. The molecule has 0 saturated carbocycles. The van der Waals surface area contributed by atoms with Crippen LogP contribution in [0.5, 0.6) is 0 Å². The summed E-state index contributed by atoms with van der Waals surface area (Å²) in [5.74, 6) is 5.57. The first-order valence-corrected chi connectivity index (χ1v) is 6.57. The summed E-state index contributed by atoms with van der Waals surface area (Å²) in [5.41, 5.74) is 7.76. The van der Waals surface area contributed by atoms with Crippen LogP contribution in [0.4, 0.5) is 0 Å². The van der Waals surface area contributed by atoms with E-state index in [1.54, 1.807) is 6.20 Å². The number of nitrogens with zero attached hydrogens (tertiary/aromatic N) is 1. The number of hydrazine groups is 1. The largest absolute Gasteiger partial charge is 0.401 e. The molecule has 104 valence electrons. The van der Waals surface area contributed by atoms with Crippen molar-refractivity contribution in [2.45, 2.75) is 39.5 Å². The first-order valence-electron chi connectivity index (χ1n) is 6.57. The van der Waals surface area contributed by atoms with Crippen LogP contribution in [0, 0.1) is 0 Å². The average molecular weight is 253 g/mol. The van der Waals surface area contributed by atoms with Crippen molar-refractivity contribution >= 4 is 0 Å². The van der Waals surface area contributed by atoms with Crippen LogP contribution in [0.25, 0.3) is 0 Å². The Morgan fingerprint density at radius 1 is 1.44 bits per heavy atom. The van der Waals surface area contributed by atoms with Gasteiger partial charge < -0.3 is 15.8 Å². The van der Waals surface area contributed by atoms with Gasteiger partial charge in [0.25, 0.3) is 0 Å². The molecule has 18 heavy (non-hydrogen) atoms. The molecule has 0 fully saturated rings. The van der Waals surface area contributed by atoms with E-state index in [0.717, 1.165) is 19.3 Å². The summed E-state index contributed by atoms with van der Waals surface area (Å²) >= 11 is 0. The van der Waals surface area contributed by atoms with E-state index in [1.165, 1.54) is 17.0 Å². The first-order chi connectivity index (χ1) is 8.63. The van der Waals surface area contributed by atoms with Gasteiger partial charge in [0, 0.05) is 18.3 Å². The summed E-state index contributed by atoms with van der Waals surface area (Å²) in [4.78, 5) is 0. The summed E-state index contributed by atoms with van der Waals surface area (Å²) in [6, 6.07) is 0. The van der Waals surface area contributed by atoms with Crippen LogP contribution in [0.1, 0.15) is 39.5 Å². The van der Waals surface area contributed by atoms with E-state index in [2.05, 4.69) is 32.1 Å². The van der Waals surface area contributed by atoms with Gasteiger partial charge in [-0.3, -0.25) is 0 Å². The number of hydrogen-bond donors (Lipinski definition) is 3. The Labute approximate surface area is 111 Å². The fraction of sp³-hybridized carbons (Fsp3) is 0.571. The molecule has 4 nitrogen and oxygen atoms in total. The second-order valence-electron chi connectivity index (χ2n) is 4.31. The third-order valence-electron chi connectivity index (χ3n) is 2.17. The summed E-state index contributed by atoms with van der Waals surface area (Å²) in [5, 5.41) is 10.1. The van der Waals surface area contributed by atoms with E-state index in [-0.39, 0.29) is 6.61 Å². The summed E-state index contributed by atoms with van der Waals surface area (Å²) in [6.45, 7) is 4.68. The van der Waals surface area contributed by atoms with Gasteiger partial charge in [0.05, 0.1) is 13.2 Å². The normalized spacial score (nSPS) is 14.7. The van der Waals surface area contributed by atoms with Crippen molar-refractivity contribution in [2.24, 2.45) is 11.6 Å². The predicted molar refractivity (Wildman–Crippen MR) is 77.3 cm³/mol. The van der Waals surface area contributed by atoms with Crippen molar-refractivity contribution in [3.8, 4) is 0 Å². The molecule has 0 amide bonds. The molecule has 0 bridgehead atoms. The molecule has 5 N–H and O–H groups in total. The van der Waals surface area contributed by atoms with Crippen molar-refractivity contribution in [3.63, 3.8) is 0 Å². The fourth-order valence-corrected chi connectivity index (χ4v) is 1.47. The molecule has 0 aromatic carbocycles. The zero-order valence-corrected chi connectivity index (χ0v) is 11.6. The monoisotopic (exact) mass is 253 g/mol. The molecule has 0 unspecified atom stereocenters. The van der Waals surface area contributed by atoms with E-state index in [4.69, 9.17) is 16.7 Å². The molecule has 0 heterocycles. The van der Waals surface area contributed by atoms with Crippen LogP contribution < -0.4 is 11.6 Å². The molecule has 0 saturated heterocycles. The maximum absolute atomic E-state index is 8.66. The van der Waals surface area contributed by atoms with Crippen molar-refractivity contribution in [2.75, 3.05) is 13.2 Å². The third-order valence-corrected chi connectivity index (χ3v) is 2.17. The highest BCUT2D eigenvalue weighted by atomic mass is 16.3. The standard InChI is InChI=1S/C11H19N3O.C3H8/c12-11(9-14(13)6-7-15)8-10-4-2-1-3-5-10;1-3-2/h2,4-5,9,15H,1,3,6-8,12-13H2;3H2,1-2H3/b11-9-;. The van der Waals surface area contributed by atoms with Gasteiger partial charge in [0.1, 0.15) is 0 Å². The van der Waals surface area contributed by atoms with Crippen molar-refractivity contribution in [1.82, 2.24) is 5.01 Å². The minimum atomic E-state index is 0.0306. The van der Waals surface area contributed by atoms with E-state index in [0.29, 0.717) is 12.2 Å². The predicted octanol–water partition coefficient (Wildman–Crippen LogP) is 2.04. The van der Waals surface area contributed by atoms with Gasteiger partial charge in [-0.25, -0.2) is 5.84 Å². The topological polar surface area (TPSA) is 75.5 Å². The number of allylic oxidation sites excluding steroid dienone is 4. The summed E-state index contributed by atoms with van der Waals surface area (Å²) < 4.78 is 0. The van der Waals surface area contributed by atoms with Gasteiger partial charge in [0.2, 0.25) is 0 Å². The van der Waals surface area contributed by atoms with Crippen LogP contribution in [-0.2, 0) is 0 Å². The zero-order chi connectivity index (χ0) is 13.8. The Balaban J connectivity index is 0.000000873. The Morgan fingerprint density at radius 3 is 2.61 bits per heavy atom. The minimum absolute atomic E-state index is 0.0306. The SMILES string of the molecule is CCC.N/C(=C\N(N)CCO)CC1=CCCC=C1. The molecular weight excluding hydrogens is 226 g/mol. The lowest BCUT2D eigenvalue weighted by atomic mass is 10.0. The highest BCUT2D eigenvalue weighted by molar-refractivity contribution is 5.26. The Bertz CT molecular complexity index is 295. The van der Waals surface area contributed by atoms with Crippen molar-refractivity contribution < 1.29 is 5.11 Å². The van der Waals surface area contributed by atoms with Crippen LogP contribution >= 0.6 is 0 Å². The van der Waals surface area contributed by atoms with Gasteiger partial charge in [0.15, 0.2) is 0 Å². The lowest BCUT2D eigenvalue weighted by Gasteiger charge is -2.14. The van der Waals surface area contributed by atoms with Crippen LogP contribution in [-0.4, -0.2) is 23.3 Å². The second kappa shape index (κ2) is 10.9. The van der Waals surface area contributed by atoms with Gasteiger partial charge in [-0.15, -0.1) is 0 Å². The number of nitrogens with two attached hydrogens (primary N) is 2. The molecule has 0 aromatic heterocycles. The van der Waals surface area contributed by atoms with E-state index < -0.39 is 0 Å². The highest BCUT2D eigenvalue weighted by Crippen LogP contribution is 2.15. The van der Waals surface area contributed by atoms with Crippen molar-refractivity contribution in [1.29, 1.82) is 0 Å². The lowest BCUT2D eigenvalue weighted by molar-refractivity contribution is 0.238. The van der Waals surface area contributed by atoms with Crippen LogP contribution in [0.2, 0.25) is 0 Å². The number of aliphatic hydroxyl groups is 1. The molecule has 4 heteroatoms. The van der Waals surface area contributed by atoms with Crippen LogP contribution in [0.3, 0.4) is 0 Å². The first kappa shape index (κ1) is 16.7. The second-order valence-corrected chi connectivity index (χ2v) is 4.31. The summed E-state index contributed by atoms with van der Waals surface area (Å²) in [6.07, 6.45) is 12.3. The zero-order valence-electron chi connectivity index (χ0n) is 11.6. The molecule has 0 atom stereocenters. The van der Waals surface area contributed by atoms with Gasteiger partial charge in [-0.2, -0.15) is 0 Å². The molecule has 0 spiro atoms. The van der Waals surface area contributed by atoms with E-state index >= 15 is 0 Å². The smallest absolute Gasteiger partial charge is 0.0622 e. The minimum Gasteiger partial charge on any atom is -0.401 e. The van der Waals surface area contributed by atoms with Crippen LogP contribution in [0.15, 0.2) is 35.7 Å². The highest BCUT2D eigenvalue weighted by Gasteiger charge is 2.00. The van der Waals surface area contributed by atoms with Gasteiger partial charge in [-0.05, 0) is 18.4 Å². The molecular formula is C14H27N3O. The fourth-order valence-electron chi connectivity index (χ4n) is 1.47. The van der Waals surface area contributed by atoms with E-state index in [1.807, 2.05) is 0 Å². The Hall–Kier alpha value is -1.26.